The van der Waals surface area contributed by atoms with Crippen molar-refractivity contribution in [2.45, 2.75) is 0 Å². The molecule has 1 rings (SSSR count). The zero-order valence-corrected chi connectivity index (χ0v) is 10.9. The van der Waals surface area contributed by atoms with Gasteiger partial charge in [0.2, 0.25) is 0 Å². The molecule has 0 aromatic heterocycles. The standard InChI is InChI=1S/C12H7Cl2NO4/c1-2-5-19-11(16)4-3-8-6-9(13)12(14)10(7-8)15(17)18/h1,3-4,6-7H,5H2/b4-3+. The first-order chi connectivity index (χ1) is 8.95. The Labute approximate surface area is 118 Å². The van der Waals surface area contributed by atoms with Gasteiger partial charge in [-0.1, -0.05) is 29.1 Å². The lowest BCUT2D eigenvalue weighted by Gasteiger charge is -2.00. The van der Waals surface area contributed by atoms with E-state index in [2.05, 4.69) is 10.7 Å². The molecule has 0 unspecified atom stereocenters. The molecule has 0 saturated heterocycles. The number of carbonyl (C=O) groups excluding carboxylic acids is 1. The van der Waals surface area contributed by atoms with Crippen molar-refractivity contribution < 1.29 is 14.5 Å². The molecule has 0 aliphatic rings. The number of hydrogen-bond donors (Lipinski definition) is 0. The fourth-order valence-corrected chi connectivity index (χ4v) is 1.55. The van der Waals surface area contributed by atoms with Gasteiger partial charge in [0.1, 0.15) is 5.02 Å². The Bertz CT molecular complexity index is 590. The van der Waals surface area contributed by atoms with Crippen molar-refractivity contribution >= 4 is 40.9 Å². The fourth-order valence-electron chi connectivity index (χ4n) is 1.15. The van der Waals surface area contributed by atoms with Crippen molar-refractivity contribution in [3.05, 3.63) is 43.9 Å². The number of halogens is 2. The third kappa shape index (κ3) is 4.28. The Kier molecular flexibility index (Phi) is 5.37. The zero-order chi connectivity index (χ0) is 14.4. The summed E-state index contributed by atoms with van der Waals surface area (Å²) in [5.41, 5.74) is 0.00423. The molecule has 7 heteroatoms. The molecule has 1 aromatic carbocycles. The maximum atomic E-state index is 11.1. The number of nitro benzene ring substituents is 1. The molecule has 19 heavy (non-hydrogen) atoms. The van der Waals surface area contributed by atoms with Gasteiger partial charge < -0.3 is 4.74 Å². The van der Waals surface area contributed by atoms with Crippen LogP contribution in [0.5, 0.6) is 0 Å². The van der Waals surface area contributed by atoms with Gasteiger partial charge in [0, 0.05) is 12.1 Å². The maximum Gasteiger partial charge on any atom is 0.331 e. The number of nitrogens with zero attached hydrogens (tertiary/aromatic N) is 1. The molecule has 0 radical (unpaired) electrons. The topological polar surface area (TPSA) is 69.4 Å². The second-order valence-corrected chi connectivity index (χ2v) is 4.02. The molecule has 0 fully saturated rings. The van der Waals surface area contributed by atoms with Crippen LogP contribution < -0.4 is 0 Å². The largest absolute Gasteiger partial charge is 0.449 e. The Hall–Kier alpha value is -2.03. The van der Waals surface area contributed by atoms with E-state index < -0.39 is 10.9 Å². The van der Waals surface area contributed by atoms with Crippen LogP contribution in [-0.2, 0) is 9.53 Å². The number of hydrogen-bond acceptors (Lipinski definition) is 4. The quantitative estimate of drug-likeness (QED) is 0.282. The predicted octanol–water partition coefficient (Wildman–Crippen LogP) is 3.09. The van der Waals surface area contributed by atoms with Crippen LogP contribution >= 0.6 is 23.2 Å². The highest BCUT2D eigenvalue weighted by molar-refractivity contribution is 6.43. The van der Waals surface area contributed by atoms with Crippen LogP contribution in [0.15, 0.2) is 18.2 Å². The molecule has 0 N–H and O–H groups in total. The first-order valence-corrected chi connectivity index (χ1v) is 5.63. The van der Waals surface area contributed by atoms with Crippen LogP contribution in [-0.4, -0.2) is 17.5 Å². The number of ether oxygens (including phenoxy) is 1. The minimum Gasteiger partial charge on any atom is -0.449 e. The van der Waals surface area contributed by atoms with E-state index in [9.17, 15) is 14.9 Å². The van der Waals surface area contributed by atoms with Crippen molar-refractivity contribution in [3.63, 3.8) is 0 Å². The summed E-state index contributed by atoms with van der Waals surface area (Å²) in [6.45, 7) is -0.148. The highest BCUT2D eigenvalue weighted by Crippen LogP contribution is 2.33. The zero-order valence-electron chi connectivity index (χ0n) is 9.43. The van der Waals surface area contributed by atoms with Gasteiger partial charge in [-0.05, 0) is 17.7 Å². The summed E-state index contributed by atoms with van der Waals surface area (Å²) in [7, 11) is 0. The minimum absolute atomic E-state index is 0.0208. The van der Waals surface area contributed by atoms with Crippen LogP contribution in [0.4, 0.5) is 5.69 Å². The van der Waals surface area contributed by atoms with Crippen LogP contribution in [0.3, 0.4) is 0 Å². The number of esters is 1. The summed E-state index contributed by atoms with van der Waals surface area (Å²) < 4.78 is 4.59. The first kappa shape index (κ1) is 15.0. The van der Waals surface area contributed by atoms with Gasteiger partial charge in [-0.25, -0.2) is 4.79 Å². The van der Waals surface area contributed by atoms with Crippen molar-refractivity contribution in [3.8, 4) is 12.3 Å². The average molecular weight is 300 g/mol. The average Bonchev–Trinajstić information content (AvgIpc) is 2.37. The number of benzene rings is 1. The predicted molar refractivity (Wildman–Crippen MR) is 71.9 cm³/mol. The highest BCUT2D eigenvalue weighted by atomic mass is 35.5. The molecule has 0 amide bonds. The fraction of sp³-hybridized carbons (Fsp3) is 0.0833. The second-order valence-electron chi connectivity index (χ2n) is 3.24. The summed E-state index contributed by atoms with van der Waals surface area (Å²) in [4.78, 5) is 21.2. The molecule has 0 aliphatic heterocycles. The SMILES string of the molecule is C#CCOC(=O)/C=C/c1cc(Cl)c(Cl)c([N+](=O)[O-])c1. The lowest BCUT2D eigenvalue weighted by molar-refractivity contribution is -0.384. The van der Waals surface area contributed by atoms with E-state index in [0.29, 0.717) is 5.56 Å². The lowest BCUT2D eigenvalue weighted by atomic mass is 10.2. The van der Waals surface area contributed by atoms with Gasteiger partial charge in [0.15, 0.2) is 6.61 Å². The van der Waals surface area contributed by atoms with Crippen LogP contribution in [0.25, 0.3) is 6.08 Å². The Balaban J connectivity index is 2.97. The molecule has 0 aliphatic carbocycles. The molecule has 0 saturated carbocycles. The molecule has 5 nitrogen and oxygen atoms in total. The lowest BCUT2D eigenvalue weighted by Crippen LogP contribution is -1.99. The number of terminal acetylenes is 1. The highest BCUT2D eigenvalue weighted by Gasteiger charge is 2.16. The Morgan fingerprint density at radius 2 is 2.21 bits per heavy atom. The minimum atomic E-state index is -0.664. The molecule has 0 bridgehead atoms. The number of carbonyl (C=O) groups is 1. The van der Waals surface area contributed by atoms with Gasteiger partial charge in [-0.3, -0.25) is 10.1 Å². The molecule has 98 valence electrons. The van der Waals surface area contributed by atoms with E-state index >= 15 is 0 Å². The number of rotatable bonds is 4. The second kappa shape index (κ2) is 6.78. The van der Waals surface area contributed by atoms with Crippen LogP contribution in [0.2, 0.25) is 10.0 Å². The monoisotopic (exact) mass is 299 g/mol. The Morgan fingerprint density at radius 1 is 1.53 bits per heavy atom. The summed E-state index contributed by atoms with van der Waals surface area (Å²) >= 11 is 11.4. The molecule has 1 aromatic rings. The maximum absolute atomic E-state index is 11.1. The summed E-state index contributed by atoms with van der Waals surface area (Å²) in [6.07, 6.45) is 7.31. The van der Waals surface area contributed by atoms with Crippen LogP contribution in [0, 0.1) is 22.5 Å². The van der Waals surface area contributed by atoms with E-state index in [0.717, 1.165) is 6.08 Å². The van der Waals surface area contributed by atoms with Gasteiger partial charge in [-0.2, -0.15) is 0 Å². The van der Waals surface area contributed by atoms with Gasteiger partial charge in [0.05, 0.1) is 9.95 Å². The number of nitro groups is 1. The van der Waals surface area contributed by atoms with E-state index in [1.54, 1.807) is 0 Å². The van der Waals surface area contributed by atoms with Gasteiger partial charge in [-0.15, -0.1) is 6.42 Å². The molecule has 0 heterocycles. The normalized spacial score (nSPS) is 10.2. The molecular weight excluding hydrogens is 293 g/mol. The molecular formula is C12H7Cl2NO4. The van der Waals surface area contributed by atoms with E-state index in [-0.39, 0.29) is 22.3 Å². The van der Waals surface area contributed by atoms with Gasteiger partial charge in [0.25, 0.3) is 5.69 Å². The third-order valence-electron chi connectivity index (χ3n) is 1.94. The first-order valence-electron chi connectivity index (χ1n) is 4.87. The Morgan fingerprint density at radius 3 is 2.79 bits per heavy atom. The molecule has 0 spiro atoms. The summed E-state index contributed by atoms with van der Waals surface area (Å²) in [6, 6.07) is 2.58. The smallest absolute Gasteiger partial charge is 0.331 e. The van der Waals surface area contributed by atoms with Gasteiger partial charge >= 0.3 is 5.97 Å². The van der Waals surface area contributed by atoms with Crippen molar-refractivity contribution in [1.82, 2.24) is 0 Å². The third-order valence-corrected chi connectivity index (χ3v) is 2.73. The van der Waals surface area contributed by atoms with Crippen molar-refractivity contribution in [1.29, 1.82) is 0 Å². The van der Waals surface area contributed by atoms with E-state index in [1.165, 1.54) is 18.2 Å². The van der Waals surface area contributed by atoms with E-state index in [4.69, 9.17) is 29.6 Å². The summed E-state index contributed by atoms with van der Waals surface area (Å²) in [5.74, 6) is 1.47. The molecule has 0 atom stereocenters. The van der Waals surface area contributed by atoms with Crippen LogP contribution in [0.1, 0.15) is 5.56 Å². The van der Waals surface area contributed by atoms with Crippen molar-refractivity contribution in [2.75, 3.05) is 6.61 Å². The van der Waals surface area contributed by atoms with Crippen molar-refractivity contribution in [2.24, 2.45) is 0 Å². The van der Waals surface area contributed by atoms with E-state index in [1.807, 2.05) is 0 Å². The summed E-state index contributed by atoms with van der Waals surface area (Å²) in [5, 5.41) is 10.6.